The Morgan fingerprint density at radius 2 is 1.95 bits per heavy atom. The molecule has 0 unspecified atom stereocenters. The Labute approximate surface area is 117 Å². The molecule has 1 saturated heterocycles. The summed E-state index contributed by atoms with van der Waals surface area (Å²) in [5.41, 5.74) is 5.57. The summed E-state index contributed by atoms with van der Waals surface area (Å²) in [7, 11) is 0. The number of primary amides is 1. The average molecular weight is 277 g/mol. The third-order valence-electron chi connectivity index (χ3n) is 3.19. The molecule has 2 rings (SSSR count). The fourth-order valence-corrected chi connectivity index (χ4v) is 2.05. The molecule has 3 N–H and O–H groups in total. The Hall–Kier alpha value is -2.08. The lowest BCUT2D eigenvalue weighted by molar-refractivity contribution is -0.133. The molecule has 0 aliphatic carbocycles. The van der Waals surface area contributed by atoms with Gasteiger partial charge in [0.25, 0.3) is 5.91 Å². The van der Waals surface area contributed by atoms with Gasteiger partial charge in [0.1, 0.15) is 5.75 Å². The van der Waals surface area contributed by atoms with Gasteiger partial charge in [0.2, 0.25) is 5.91 Å². The van der Waals surface area contributed by atoms with Gasteiger partial charge in [0.15, 0.2) is 6.61 Å². The van der Waals surface area contributed by atoms with Crippen LogP contribution in [0.3, 0.4) is 0 Å². The highest BCUT2D eigenvalue weighted by molar-refractivity contribution is 5.92. The standard InChI is InChI=1S/C14H19N3O3/c15-14(19)11-2-4-12(5-3-11)20-10-13(18)17-8-1-6-16-7-9-17/h2-5,16H,1,6-10H2,(H2,15,19). The van der Waals surface area contributed by atoms with E-state index in [1.165, 1.54) is 0 Å². The molecule has 0 spiro atoms. The van der Waals surface area contributed by atoms with E-state index in [-0.39, 0.29) is 12.5 Å². The molecule has 1 aliphatic heterocycles. The summed E-state index contributed by atoms with van der Waals surface area (Å²) in [5, 5.41) is 3.24. The SMILES string of the molecule is NC(=O)c1ccc(OCC(=O)N2CCCNCC2)cc1. The number of nitrogens with zero attached hydrogens (tertiary/aromatic N) is 1. The third-order valence-corrected chi connectivity index (χ3v) is 3.19. The zero-order chi connectivity index (χ0) is 14.4. The lowest BCUT2D eigenvalue weighted by Crippen LogP contribution is -2.37. The summed E-state index contributed by atoms with van der Waals surface area (Å²) in [6.45, 7) is 3.24. The molecule has 1 aliphatic rings. The molecular weight excluding hydrogens is 258 g/mol. The maximum absolute atomic E-state index is 12.0. The summed E-state index contributed by atoms with van der Waals surface area (Å²) >= 11 is 0. The predicted octanol–water partition coefficient (Wildman–Crippen LogP) is -0.0138. The van der Waals surface area contributed by atoms with Crippen molar-refractivity contribution < 1.29 is 14.3 Å². The van der Waals surface area contributed by atoms with E-state index in [1.54, 1.807) is 29.2 Å². The maximum Gasteiger partial charge on any atom is 0.260 e. The van der Waals surface area contributed by atoms with E-state index < -0.39 is 5.91 Å². The Morgan fingerprint density at radius 3 is 2.65 bits per heavy atom. The van der Waals surface area contributed by atoms with Gasteiger partial charge in [-0.3, -0.25) is 9.59 Å². The topological polar surface area (TPSA) is 84.7 Å². The molecule has 0 saturated carbocycles. The zero-order valence-electron chi connectivity index (χ0n) is 11.3. The van der Waals surface area contributed by atoms with Crippen LogP contribution in [-0.4, -0.2) is 49.5 Å². The largest absolute Gasteiger partial charge is 0.484 e. The van der Waals surface area contributed by atoms with Gasteiger partial charge in [0.05, 0.1) is 0 Å². The number of benzene rings is 1. The summed E-state index contributed by atoms with van der Waals surface area (Å²) in [4.78, 5) is 24.7. The molecule has 108 valence electrons. The minimum Gasteiger partial charge on any atom is -0.484 e. The molecule has 0 radical (unpaired) electrons. The molecular formula is C14H19N3O3. The van der Waals surface area contributed by atoms with E-state index in [4.69, 9.17) is 10.5 Å². The van der Waals surface area contributed by atoms with Gasteiger partial charge in [-0.25, -0.2) is 0 Å². The van der Waals surface area contributed by atoms with E-state index in [0.717, 1.165) is 26.1 Å². The molecule has 0 bridgehead atoms. The van der Waals surface area contributed by atoms with Crippen molar-refractivity contribution in [3.8, 4) is 5.75 Å². The first kappa shape index (κ1) is 14.3. The van der Waals surface area contributed by atoms with E-state index in [2.05, 4.69) is 5.32 Å². The van der Waals surface area contributed by atoms with Gasteiger partial charge in [-0.15, -0.1) is 0 Å². The molecule has 6 heteroatoms. The van der Waals surface area contributed by atoms with Crippen LogP contribution in [-0.2, 0) is 4.79 Å². The Morgan fingerprint density at radius 1 is 1.20 bits per heavy atom. The van der Waals surface area contributed by atoms with Crippen molar-refractivity contribution >= 4 is 11.8 Å². The van der Waals surface area contributed by atoms with Crippen LogP contribution in [0, 0.1) is 0 Å². The quantitative estimate of drug-likeness (QED) is 0.810. The van der Waals surface area contributed by atoms with Crippen molar-refractivity contribution in [1.29, 1.82) is 0 Å². The monoisotopic (exact) mass is 277 g/mol. The highest BCUT2D eigenvalue weighted by Gasteiger charge is 2.15. The molecule has 1 fully saturated rings. The minimum absolute atomic E-state index is 0.00984. The number of rotatable bonds is 4. The molecule has 1 aromatic carbocycles. The zero-order valence-corrected chi connectivity index (χ0v) is 11.3. The summed E-state index contributed by atoms with van der Waals surface area (Å²) in [6, 6.07) is 6.44. The lowest BCUT2D eigenvalue weighted by Gasteiger charge is -2.20. The summed E-state index contributed by atoms with van der Waals surface area (Å²) in [6.07, 6.45) is 0.957. The Bertz CT molecular complexity index is 465. The van der Waals surface area contributed by atoms with Gasteiger partial charge in [-0.2, -0.15) is 0 Å². The minimum atomic E-state index is -0.482. The smallest absolute Gasteiger partial charge is 0.260 e. The van der Waals surface area contributed by atoms with Crippen LogP contribution in [0.2, 0.25) is 0 Å². The van der Waals surface area contributed by atoms with Gasteiger partial charge in [-0.1, -0.05) is 0 Å². The van der Waals surface area contributed by atoms with Crippen LogP contribution in [0.1, 0.15) is 16.8 Å². The second-order valence-corrected chi connectivity index (χ2v) is 4.66. The van der Waals surface area contributed by atoms with Crippen LogP contribution in [0.25, 0.3) is 0 Å². The second kappa shape index (κ2) is 6.91. The normalized spacial score (nSPS) is 15.5. The summed E-state index contributed by atoms with van der Waals surface area (Å²) < 4.78 is 5.43. The van der Waals surface area contributed by atoms with Crippen LogP contribution in [0.15, 0.2) is 24.3 Å². The lowest BCUT2D eigenvalue weighted by atomic mass is 10.2. The van der Waals surface area contributed by atoms with Crippen molar-refractivity contribution in [1.82, 2.24) is 10.2 Å². The van der Waals surface area contributed by atoms with E-state index >= 15 is 0 Å². The van der Waals surface area contributed by atoms with Crippen molar-refractivity contribution in [2.75, 3.05) is 32.8 Å². The molecule has 0 atom stereocenters. The molecule has 0 aromatic heterocycles. The number of carbonyl (C=O) groups excluding carboxylic acids is 2. The van der Waals surface area contributed by atoms with E-state index in [0.29, 0.717) is 17.9 Å². The molecule has 20 heavy (non-hydrogen) atoms. The number of nitrogens with one attached hydrogen (secondary N) is 1. The van der Waals surface area contributed by atoms with Crippen molar-refractivity contribution in [2.24, 2.45) is 5.73 Å². The van der Waals surface area contributed by atoms with Gasteiger partial charge >= 0.3 is 0 Å². The van der Waals surface area contributed by atoms with Gasteiger partial charge in [-0.05, 0) is 37.2 Å². The first-order valence-electron chi connectivity index (χ1n) is 6.68. The van der Waals surface area contributed by atoms with Crippen LogP contribution < -0.4 is 15.8 Å². The maximum atomic E-state index is 12.0. The predicted molar refractivity (Wildman–Crippen MR) is 74.5 cm³/mol. The van der Waals surface area contributed by atoms with Gasteiger partial charge in [0, 0.05) is 25.2 Å². The van der Waals surface area contributed by atoms with Crippen molar-refractivity contribution in [3.05, 3.63) is 29.8 Å². The number of ether oxygens (including phenoxy) is 1. The first-order chi connectivity index (χ1) is 9.66. The Kier molecular flexibility index (Phi) is 4.95. The fourth-order valence-electron chi connectivity index (χ4n) is 2.05. The molecule has 1 heterocycles. The highest BCUT2D eigenvalue weighted by Crippen LogP contribution is 2.12. The number of carbonyl (C=O) groups is 2. The second-order valence-electron chi connectivity index (χ2n) is 4.66. The number of nitrogens with two attached hydrogens (primary N) is 1. The fraction of sp³-hybridized carbons (Fsp3) is 0.429. The highest BCUT2D eigenvalue weighted by atomic mass is 16.5. The van der Waals surface area contributed by atoms with Crippen molar-refractivity contribution in [2.45, 2.75) is 6.42 Å². The molecule has 6 nitrogen and oxygen atoms in total. The van der Waals surface area contributed by atoms with Crippen LogP contribution >= 0.6 is 0 Å². The molecule has 1 aromatic rings. The van der Waals surface area contributed by atoms with Gasteiger partial charge < -0.3 is 20.7 Å². The first-order valence-corrected chi connectivity index (χ1v) is 6.68. The van der Waals surface area contributed by atoms with E-state index in [9.17, 15) is 9.59 Å². The third kappa shape index (κ3) is 3.96. The van der Waals surface area contributed by atoms with Crippen LogP contribution in [0.5, 0.6) is 5.75 Å². The average Bonchev–Trinajstić information content (AvgIpc) is 2.74. The number of amides is 2. The van der Waals surface area contributed by atoms with Crippen LogP contribution in [0.4, 0.5) is 0 Å². The number of hydrogen-bond donors (Lipinski definition) is 2. The number of hydrogen-bond acceptors (Lipinski definition) is 4. The molecule has 2 amide bonds. The van der Waals surface area contributed by atoms with E-state index in [1.807, 2.05) is 0 Å². The van der Waals surface area contributed by atoms with Crippen molar-refractivity contribution in [3.63, 3.8) is 0 Å². The summed E-state index contributed by atoms with van der Waals surface area (Å²) in [5.74, 6) is 0.0497. The Balaban J connectivity index is 1.84.